The van der Waals surface area contributed by atoms with Crippen molar-refractivity contribution in [1.29, 1.82) is 0 Å². The Balaban J connectivity index is 2.05. The van der Waals surface area contributed by atoms with Gasteiger partial charge in [0, 0.05) is 18.6 Å². The maximum Gasteiger partial charge on any atom is 0.169 e. The third-order valence-electron chi connectivity index (χ3n) is 2.68. The molecule has 0 fully saturated rings. The average Bonchev–Trinajstić information content (AvgIpc) is 2.47. The molecular formula is C15H17ClN2O. The molecule has 19 heavy (non-hydrogen) atoms. The fraction of sp³-hybridized carbons (Fsp3) is 0.267. The summed E-state index contributed by atoms with van der Waals surface area (Å²) in [6.45, 7) is 3.28. The highest BCUT2D eigenvalue weighted by atomic mass is 35.5. The molecule has 0 saturated carbocycles. The van der Waals surface area contributed by atoms with Gasteiger partial charge in [0.15, 0.2) is 11.6 Å². The third kappa shape index (κ3) is 3.86. The summed E-state index contributed by atoms with van der Waals surface area (Å²) in [4.78, 5) is 4.29. The van der Waals surface area contributed by atoms with Crippen molar-refractivity contribution in [3.8, 4) is 5.75 Å². The van der Waals surface area contributed by atoms with Gasteiger partial charge in [0.2, 0.25) is 0 Å². The number of aromatic nitrogens is 1. The van der Waals surface area contributed by atoms with Gasteiger partial charge in [-0.25, -0.2) is 4.98 Å². The van der Waals surface area contributed by atoms with E-state index in [0.717, 1.165) is 17.1 Å². The smallest absolute Gasteiger partial charge is 0.169 e. The third-order valence-corrected chi connectivity index (χ3v) is 2.98. The number of pyridine rings is 1. The molecule has 1 aromatic heterocycles. The van der Waals surface area contributed by atoms with Gasteiger partial charge < -0.3 is 10.1 Å². The van der Waals surface area contributed by atoms with Gasteiger partial charge >= 0.3 is 0 Å². The van der Waals surface area contributed by atoms with E-state index in [-0.39, 0.29) is 0 Å². The number of hydrogen-bond donors (Lipinski definition) is 1. The van der Waals surface area contributed by atoms with Crippen LogP contribution in [0.25, 0.3) is 0 Å². The number of rotatable bonds is 6. The van der Waals surface area contributed by atoms with Gasteiger partial charge in [0.1, 0.15) is 0 Å². The van der Waals surface area contributed by atoms with Crippen molar-refractivity contribution in [2.24, 2.45) is 0 Å². The van der Waals surface area contributed by atoms with E-state index in [1.807, 2.05) is 31.2 Å². The molecule has 0 spiro atoms. The molecule has 1 aromatic carbocycles. The number of anilines is 1. The van der Waals surface area contributed by atoms with Gasteiger partial charge in [0.25, 0.3) is 0 Å². The number of alkyl halides is 1. The molecule has 2 aromatic rings. The lowest BCUT2D eigenvalue weighted by molar-refractivity contribution is 0.340. The first-order valence-corrected chi connectivity index (χ1v) is 6.82. The van der Waals surface area contributed by atoms with E-state index in [1.165, 1.54) is 5.56 Å². The van der Waals surface area contributed by atoms with Crippen LogP contribution in [0.4, 0.5) is 5.82 Å². The second kappa shape index (κ2) is 7.00. The topological polar surface area (TPSA) is 34.1 Å². The first kappa shape index (κ1) is 13.7. The fourth-order valence-electron chi connectivity index (χ4n) is 1.80. The van der Waals surface area contributed by atoms with Crippen molar-refractivity contribution in [2.45, 2.75) is 19.3 Å². The molecular weight excluding hydrogens is 260 g/mol. The molecule has 0 aliphatic heterocycles. The highest BCUT2D eigenvalue weighted by molar-refractivity contribution is 6.17. The van der Waals surface area contributed by atoms with E-state index >= 15 is 0 Å². The van der Waals surface area contributed by atoms with Crippen molar-refractivity contribution in [1.82, 2.24) is 4.98 Å². The molecule has 4 heteroatoms. The Bertz CT molecular complexity index is 531. The van der Waals surface area contributed by atoms with Crippen LogP contribution in [-0.4, -0.2) is 11.6 Å². The number of benzene rings is 1. The van der Waals surface area contributed by atoms with Crippen molar-refractivity contribution in [3.63, 3.8) is 0 Å². The Hall–Kier alpha value is -1.74. The molecule has 0 aliphatic rings. The van der Waals surface area contributed by atoms with Crippen molar-refractivity contribution >= 4 is 17.4 Å². The average molecular weight is 277 g/mol. The van der Waals surface area contributed by atoms with Crippen LogP contribution < -0.4 is 10.1 Å². The van der Waals surface area contributed by atoms with Gasteiger partial charge in [-0.1, -0.05) is 24.3 Å². The number of hydrogen-bond acceptors (Lipinski definition) is 3. The Morgan fingerprint density at radius 1 is 1.21 bits per heavy atom. The molecule has 0 unspecified atom stereocenters. The number of nitrogens with zero attached hydrogens (tertiary/aromatic N) is 1. The minimum atomic E-state index is 0.529. The molecule has 100 valence electrons. The molecule has 1 N–H and O–H groups in total. The SMILES string of the molecule is CCOc1cccnc1NCc1cccc(CCl)c1. The predicted octanol–water partition coefficient (Wildman–Crippen LogP) is 3.83. The Kier molecular flexibility index (Phi) is 5.04. The zero-order valence-electron chi connectivity index (χ0n) is 10.9. The minimum Gasteiger partial charge on any atom is -0.490 e. The Labute approximate surface area is 118 Å². The molecule has 0 bridgehead atoms. The molecule has 0 amide bonds. The van der Waals surface area contributed by atoms with E-state index in [0.29, 0.717) is 19.0 Å². The standard InChI is InChI=1S/C15H17ClN2O/c1-2-19-14-7-4-8-17-15(14)18-11-13-6-3-5-12(9-13)10-16/h3-9H,2,10-11H2,1H3,(H,17,18). The molecule has 3 nitrogen and oxygen atoms in total. The van der Waals surface area contributed by atoms with E-state index in [2.05, 4.69) is 22.4 Å². The number of halogens is 1. The summed E-state index contributed by atoms with van der Waals surface area (Å²) in [5.41, 5.74) is 2.29. The van der Waals surface area contributed by atoms with Gasteiger partial charge in [-0.3, -0.25) is 0 Å². The van der Waals surface area contributed by atoms with Crippen LogP contribution in [0.3, 0.4) is 0 Å². The molecule has 1 heterocycles. The zero-order valence-corrected chi connectivity index (χ0v) is 11.7. The van der Waals surface area contributed by atoms with Crippen molar-refractivity contribution in [2.75, 3.05) is 11.9 Å². The van der Waals surface area contributed by atoms with Crippen molar-refractivity contribution < 1.29 is 4.74 Å². The summed E-state index contributed by atoms with van der Waals surface area (Å²) in [7, 11) is 0. The summed E-state index contributed by atoms with van der Waals surface area (Å²) < 4.78 is 5.52. The normalized spacial score (nSPS) is 10.2. The van der Waals surface area contributed by atoms with Gasteiger partial charge in [-0.15, -0.1) is 11.6 Å². The van der Waals surface area contributed by atoms with Gasteiger partial charge in [-0.2, -0.15) is 0 Å². The van der Waals surface area contributed by atoms with E-state index in [9.17, 15) is 0 Å². The summed E-state index contributed by atoms with van der Waals surface area (Å²) in [5, 5.41) is 3.29. The lowest BCUT2D eigenvalue weighted by Gasteiger charge is -2.11. The Morgan fingerprint density at radius 3 is 2.84 bits per heavy atom. The van der Waals surface area contributed by atoms with Crippen molar-refractivity contribution in [3.05, 3.63) is 53.7 Å². The van der Waals surface area contributed by atoms with Crippen LogP contribution in [0, 0.1) is 0 Å². The van der Waals surface area contributed by atoms with Crippen LogP contribution in [0.5, 0.6) is 5.75 Å². The zero-order chi connectivity index (χ0) is 13.5. The fourth-order valence-corrected chi connectivity index (χ4v) is 1.97. The van der Waals surface area contributed by atoms with Gasteiger partial charge in [0.05, 0.1) is 6.61 Å². The predicted molar refractivity (Wildman–Crippen MR) is 78.7 cm³/mol. The highest BCUT2D eigenvalue weighted by Gasteiger charge is 2.03. The minimum absolute atomic E-state index is 0.529. The van der Waals surface area contributed by atoms with E-state index < -0.39 is 0 Å². The molecule has 0 atom stereocenters. The van der Waals surface area contributed by atoms with Crippen LogP contribution in [0.15, 0.2) is 42.6 Å². The summed E-state index contributed by atoms with van der Waals surface area (Å²) in [6, 6.07) is 12.0. The van der Waals surface area contributed by atoms with Crippen LogP contribution in [0.1, 0.15) is 18.1 Å². The second-order valence-corrected chi connectivity index (χ2v) is 4.36. The quantitative estimate of drug-likeness (QED) is 0.814. The summed E-state index contributed by atoms with van der Waals surface area (Å²) in [6.07, 6.45) is 1.75. The monoisotopic (exact) mass is 276 g/mol. The first-order chi connectivity index (χ1) is 9.33. The lowest BCUT2D eigenvalue weighted by Crippen LogP contribution is -2.04. The molecule has 2 rings (SSSR count). The highest BCUT2D eigenvalue weighted by Crippen LogP contribution is 2.21. The number of ether oxygens (including phenoxy) is 1. The van der Waals surface area contributed by atoms with Crippen LogP contribution >= 0.6 is 11.6 Å². The maximum absolute atomic E-state index is 5.83. The van der Waals surface area contributed by atoms with Gasteiger partial charge in [-0.05, 0) is 30.2 Å². The Morgan fingerprint density at radius 2 is 2.05 bits per heavy atom. The largest absolute Gasteiger partial charge is 0.490 e. The second-order valence-electron chi connectivity index (χ2n) is 4.09. The molecule has 0 radical (unpaired) electrons. The number of nitrogens with one attached hydrogen (secondary N) is 1. The molecule has 0 saturated heterocycles. The lowest BCUT2D eigenvalue weighted by atomic mass is 10.1. The summed E-state index contributed by atoms with van der Waals surface area (Å²) >= 11 is 5.83. The molecule has 0 aliphatic carbocycles. The van der Waals surface area contributed by atoms with Crippen LogP contribution in [0.2, 0.25) is 0 Å². The maximum atomic E-state index is 5.83. The van der Waals surface area contributed by atoms with E-state index in [1.54, 1.807) is 6.20 Å². The van der Waals surface area contributed by atoms with Crippen LogP contribution in [-0.2, 0) is 12.4 Å². The summed E-state index contributed by atoms with van der Waals surface area (Å²) in [5.74, 6) is 2.07. The van der Waals surface area contributed by atoms with E-state index in [4.69, 9.17) is 16.3 Å². The first-order valence-electron chi connectivity index (χ1n) is 6.29.